The molecule has 8 heteroatoms. The van der Waals surface area contributed by atoms with E-state index in [9.17, 15) is 4.79 Å². The molecule has 0 amide bonds. The topological polar surface area (TPSA) is 84.1 Å². The number of ether oxygens (including phenoxy) is 2. The zero-order valence-electron chi connectivity index (χ0n) is 16.3. The van der Waals surface area contributed by atoms with Crippen LogP contribution in [0.25, 0.3) is 33.3 Å². The SMILES string of the molecule is COc1ccc(-c2ccc3ncc4c(c3n2)n(C2CCOCC2)c(=O)n4C)cn1. The molecule has 1 saturated heterocycles. The van der Waals surface area contributed by atoms with E-state index in [1.165, 1.54) is 0 Å². The maximum absolute atomic E-state index is 13.1. The number of aromatic nitrogens is 5. The first-order valence-electron chi connectivity index (χ1n) is 9.62. The fraction of sp³-hybridized carbons (Fsp3) is 0.333. The van der Waals surface area contributed by atoms with Gasteiger partial charge in [-0.2, -0.15) is 0 Å². The lowest BCUT2D eigenvalue weighted by atomic mass is 10.1. The van der Waals surface area contributed by atoms with E-state index in [2.05, 4.69) is 9.97 Å². The van der Waals surface area contributed by atoms with Gasteiger partial charge >= 0.3 is 5.69 Å². The van der Waals surface area contributed by atoms with Crippen molar-refractivity contribution in [2.24, 2.45) is 7.05 Å². The molecule has 0 saturated carbocycles. The highest BCUT2D eigenvalue weighted by atomic mass is 16.5. The van der Waals surface area contributed by atoms with Gasteiger partial charge in [-0.15, -0.1) is 0 Å². The van der Waals surface area contributed by atoms with Crippen LogP contribution in [-0.2, 0) is 11.8 Å². The first kappa shape index (κ1) is 17.8. The molecule has 8 nitrogen and oxygen atoms in total. The van der Waals surface area contributed by atoms with Crippen LogP contribution in [0.1, 0.15) is 18.9 Å². The van der Waals surface area contributed by atoms with Crippen LogP contribution < -0.4 is 10.4 Å². The van der Waals surface area contributed by atoms with Crippen molar-refractivity contribution in [1.29, 1.82) is 0 Å². The number of fused-ring (bicyclic) bond motifs is 3. The number of pyridine rings is 3. The monoisotopic (exact) mass is 391 g/mol. The van der Waals surface area contributed by atoms with E-state index < -0.39 is 0 Å². The largest absolute Gasteiger partial charge is 0.481 e. The molecule has 0 bridgehead atoms. The molecule has 4 aromatic rings. The zero-order valence-corrected chi connectivity index (χ0v) is 16.3. The van der Waals surface area contributed by atoms with Crippen LogP contribution in [0.15, 0.2) is 41.5 Å². The number of rotatable bonds is 3. The number of imidazole rings is 1. The van der Waals surface area contributed by atoms with Gasteiger partial charge in [0, 0.05) is 44.1 Å². The molecule has 0 aliphatic carbocycles. The molecule has 0 unspecified atom stereocenters. The summed E-state index contributed by atoms with van der Waals surface area (Å²) in [6, 6.07) is 7.68. The normalized spacial score (nSPS) is 15.2. The minimum absolute atomic E-state index is 0.0421. The van der Waals surface area contributed by atoms with Gasteiger partial charge < -0.3 is 9.47 Å². The molecular formula is C21H21N5O3. The molecule has 0 spiro atoms. The first-order valence-corrected chi connectivity index (χ1v) is 9.62. The Morgan fingerprint density at radius 3 is 2.66 bits per heavy atom. The lowest BCUT2D eigenvalue weighted by Crippen LogP contribution is -2.29. The number of hydrogen-bond donors (Lipinski definition) is 0. The second-order valence-corrected chi connectivity index (χ2v) is 7.20. The van der Waals surface area contributed by atoms with Gasteiger partial charge in [0.15, 0.2) is 0 Å². The van der Waals surface area contributed by atoms with Gasteiger partial charge in [0.2, 0.25) is 5.88 Å². The molecule has 1 fully saturated rings. The average molecular weight is 391 g/mol. The molecule has 0 aromatic carbocycles. The van der Waals surface area contributed by atoms with E-state index in [0.29, 0.717) is 19.1 Å². The van der Waals surface area contributed by atoms with E-state index in [0.717, 1.165) is 46.2 Å². The Morgan fingerprint density at radius 1 is 1.10 bits per heavy atom. The molecule has 29 heavy (non-hydrogen) atoms. The summed E-state index contributed by atoms with van der Waals surface area (Å²) >= 11 is 0. The first-order chi connectivity index (χ1) is 14.2. The second-order valence-electron chi connectivity index (χ2n) is 7.20. The summed E-state index contributed by atoms with van der Waals surface area (Å²) in [5.41, 5.74) is 4.70. The van der Waals surface area contributed by atoms with Crippen LogP contribution >= 0.6 is 0 Å². The molecule has 4 aromatic heterocycles. The van der Waals surface area contributed by atoms with Crippen molar-refractivity contribution in [3.8, 4) is 17.1 Å². The average Bonchev–Trinajstić information content (AvgIpc) is 3.04. The summed E-state index contributed by atoms with van der Waals surface area (Å²) in [4.78, 5) is 26.8. The van der Waals surface area contributed by atoms with Crippen LogP contribution in [-0.4, -0.2) is 44.4 Å². The van der Waals surface area contributed by atoms with Crippen LogP contribution in [0.4, 0.5) is 0 Å². The van der Waals surface area contributed by atoms with Crippen LogP contribution in [0.2, 0.25) is 0 Å². The van der Waals surface area contributed by atoms with E-state index in [-0.39, 0.29) is 11.7 Å². The highest BCUT2D eigenvalue weighted by Gasteiger charge is 2.24. The van der Waals surface area contributed by atoms with Gasteiger partial charge in [-0.1, -0.05) is 0 Å². The standard InChI is InChI=1S/C21H21N5O3/c1-25-17-12-22-16-5-4-15(13-3-6-18(28-2)23-11-13)24-19(16)20(17)26(21(25)27)14-7-9-29-10-8-14/h3-6,11-12,14H,7-10H2,1-2H3. The van der Waals surface area contributed by atoms with E-state index in [1.807, 2.05) is 22.8 Å². The summed E-state index contributed by atoms with van der Waals surface area (Å²) in [6.45, 7) is 1.32. The summed E-state index contributed by atoms with van der Waals surface area (Å²) < 4.78 is 14.2. The molecule has 0 atom stereocenters. The molecule has 0 N–H and O–H groups in total. The lowest BCUT2D eigenvalue weighted by molar-refractivity contribution is 0.0697. The van der Waals surface area contributed by atoms with Crippen LogP contribution in [0.3, 0.4) is 0 Å². The molecule has 148 valence electrons. The summed E-state index contributed by atoms with van der Waals surface area (Å²) in [5.74, 6) is 0.551. The predicted molar refractivity (Wildman–Crippen MR) is 109 cm³/mol. The number of nitrogens with zero attached hydrogens (tertiary/aromatic N) is 5. The van der Waals surface area contributed by atoms with Crippen molar-refractivity contribution >= 4 is 22.1 Å². The van der Waals surface area contributed by atoms with Gasteiger partial charge in [-0.05, 0) is 31.0 Å². The Labute approximate surface area is 166 Å². The van der Waals surface area contributed by atoms with E-state index in [1.54, 1.807) is 37.2 Å². The van der Waals surface area contributed by atoms with Crippen molar-refractivity contribution in [3.63, 3.8) is 0 Å². The van der Waals surface area contributed by atoms with Crippen LogP contribution in [0, 0.1) is 0 Å². The van der Waals surface area contributed by atoms with Crippen molar-refractivity contribution in [2.75, 3.05) is 20.3 Å². The summed E-state index contributed by atoms with van der Waals surface area (Å²) in [6.07, 6.45) is 5.11. The van der Waals surface area contributed by atoms with Gasteiger partial charge in [-0.25, -0.2) is 14.8 Å². The Hall–Kier alpha value is -3.26. The predicted octanol–water partition coefficient (Wildman–Crippen LogP) is 2.71. The van der Waals surface area contributed by atoms with Crippen molar-refractivity contribution in [1.82, 2.24) is 24.1 Å². The minimum Gasteiger partial charge on any atom is -0.481 e. The molecule has 0 radical (unpaired) electrons. The Kier molecular flexibility index (Phi) is 4.28. The smallest absolute Gasteiger partial charge is 0.329 e. The lowest BCUT2D eigenvalue weighted by Gasteiger charge is -2.23. The fourth-order valence-corrected chi connectivity index (χ4v) is 3.98. The fourth-order valence-electron chi connectivity index (χ4n) is 3.98. The summed E-state index contributed by atoms with van der Waals surface area (Å²) in [7, 11) is 3.37. The molecule has 1 aliphatic rings. The maximum atomic E-state index is 13.1. The maximum Gasteiger partial charge on any atom is 0.329 e. The third-order valence-electron chi connectivity index (χ3n) is 5.56. The van der Waals surface area contributed by atoms with Gasteiger partial charge in [0.05, 0.1) is 35.6 Å². The van der Waals surface area contributed by atoms with Crippen molar-refractivity contribution in [2.45, 2.75) is 18.9 Å². The Morgan fingerprint density at radius 2 is 1.93 bits per heavy atom. The number of hydrogen-bond acceptors (Lipinski definition) is 6. The Balaban J connectivity index is 1.75. The van der Waals surface area contributed by atoms with E-state index >= 15 is 0 Å². The molecule has 5 rings (SSSR count). The molecule has 5 heterocycles. The van der Waals surface area contributed by atoms with Gasteiger partial charge in [-0.3, -0.25) is 14.1 Å². The highest BCUT2D eigenvalue weighted by Crippen LogP contribution is 2.29. The van der Waals surface area contributed by atoms with Gasteiger partial charge in [0.25, 0.3) is 0 Å². The van der Waals surface area contributed by atoms with Crippen LogP contribution in [0.5, 0.6) is 5.88 Å². The quantitative estimate of drug-likeness (QED) is 0.534. The number of methoxy groups -OCH3 is 1. The molecular weight excluding hydrogens is 370 g/mol. The van der Waals surface area contributed by atoms with Crippen molar-refractivity contribution in [3.05, 3.63) is 47.1 Å². The third kappa shape index (κ3) is 2.87. The minimum atomic E-state index is -0.0421. The van der Waals surface area contributed by atoms with Crippen molar-refractivity contribution < 1.29 is 9.47 Å². The second kappa shape index (κ2) is 6.97. The van der Waals surface area contributed by atoms with Gasteiger partial charge in [0.1, 0.15) is 5.52 Å². The highest BCUT2D eigenvalue weighted by molar-refractivity contribution is 6.00. The molecule has 1 aliphatic heterocycles. The zero-order chi connectivity index (χ0) is 20.0. The Bertz CT molecular complexity index is 1250. The number of aryl methyl sites for hydroxylation is 1. The third-order valence-corrected chi connectivity index (χ3v) is 5.56. The summed E-state index contributed by atoms with van der Waals surface area (Å²) in [5, 5.41) is 0. The van der Waals surface area contributed by atoms with E-state index in [4.69, 9.17) is 14.5 Å².